The summed E-state index contributed by atoms with van der Waals surface area (Å²) < 4.78 is 5.93. The molecule has 0 radical (unpaired) electrons. The molecule has 1 heterocycles. The highest BCUT2D eigenvalue weighted by Gasteiger charge is 2.35. The maximum Gasteiger partial charge on any atom is 0.138 e. The number of para-hydroxylation sites is 1. The quantitative estimate of drug-likeness (QED) is 0.627. The molecular weight excluding hydrogens is 184 g/mol. The first-order valence-electron chi connectivity index (χ1n) is 5.55. The van der Waals surface area contributed by atoms with Gasteiger partial charge in [-0.3, -0.25) is 0 Å². The molecule has 0 bridgehead atoms. The lowest BCUT2D eigenvalue weighted by Gasteiger charge is -1.92. The van der Waals surface area contributed by atoms with Crippen molar-refractivity contribution >= 4 is 23.1 Å². The third-order valence-electron chi connectivity index (χ3n) is 3.62. The van der Waals surface area contributed by atoms with E-state index in [2.05, 4.69) is 37.3 Å². The molecule has 2 aromatic rings. The molecule has 4 rings (SSSR count). The largest absolute Gasteiger partial charge is 0.456 e. The molecule has 0 aliphatic heterocycles. The highest BCUT2D eigenvalue weighted by Crippen LogP contribution is 2.42. The van der Waals surface area contributed by atoms with E-state index in [-0.39, 0.29) is 0 Å². The van der Waals surface area contributed by atoms with Crippen molar-refractivity contribution in [3.8, 4) is 0 Å². The first-order chi connectivity index (χ1) is 7.33. The zero-order valence-corrected chi connectivity index (χ0v) is 8.66. The van der Waals surface area contributed by atoms with E-state index in [1.807, 2.05) is 0 Å². The first kappa shape index (κ1) is 7.75. The van der Waals surface area contributed by atoms with Gasteiger partial charge in [-0.25, -0.2) is 0 Å². The lowest BCUT2D eigenvalue weighted by Crippen LogP contribution is -2.22. The maximum atomic E-state index is 5.93. The van der Waals surface area contributed by atoms with Crippen LogP contribution < -0.4 is 10.6 Å². The molecule has 2 aliphatic carbocycles. The van der Waals surface area contributed by atoms with Crippen molar-refractivity contribution in [1.82, 2.24) is 0 Å². The second kappa shape index (κ2) is 2.35. The minimum Gasteiger partial charge on any atom is -0.456 e. The van der Waals surface area contributed by atoms with Crippen LogP contribution in [0.25, 0.3) is 23.1 Å². The van der Waals surface area contributed by atoms with Crippen LogP contribution in [-0.2, 0) is 0 Å². The van der Waals surface area contributed by atoms with Crippen molar-refractivity contribution in [2.45, 2.75) is 13.3 Å². The Labute approximate surface area is 87.7 Å². The second-order valence-corrected chi connectivity index (χ2v) is 4.73. The molecule has 0 amide bonds. The average molecular weight is 196 g/mol. The van der Waals surface area contributed by atoms with Crippen LogP contribution in [0.2, 0.25) is 0 Å². The van der Waals surface area contributed by atoms with Gasteiger partial charge in [-0.05, 0) is 36.8 Å². The number of benzene rings is 1. The van der Waals surface area contributed by atoms with E-state index in [4.69, 9.17) is 4.42 Å². The molecule has 2 atom stereocenters. The molecule has 1 aromatic carbocycles. The molecule has 0 spiro atoms. The molecule has 1 aromatic heterocycles. The Balaban J connectivity index is 2.27. The molecule has 15 heavy (non-hydrogen) atoms. The van der Waals surface area contributed by atoms with Crippen LogP contribution in [0, 0.1) is 18.8 Å². The number of rotatable bonds is 0. The lowest BCUT2D eigenvalue weighted by atomic mass is 10.1. The standard InChI is InChI=1S/C14H12O/c1-8-3-2-4-11-12-6-9-5-10(9)7-13(12)15-14(8)11/h2-4,6-7,9-10H,5H2,1H3. The Morgan fingerprint density at radius 2 is 2.07 bits per heavy atom. The van der Waals surface area contributed by atoms with E-state index >= 15 is 0 Å². The van der Waals surface area contributed by atoms with Gasteiger partial charge in [0.1, 0.15) is 11.0 Å². The number of fused-ring (bicyclic) bond motifs is 4. The molecule has 0 N–H and O–H groups in total. The van der Waals surface area contributed by atoms with E-state index in [1.165, 1.54) is 22.6 Å². The SMILES string of the molecule is Cc1cccc2c3c(oc12)=CC1CC1C=3. The minimum absolute atomic E-state index is 0.762. The van der Waals surface area contributed by atoms with Gasteiger partial charge in [-0.1, -0.05) is 24.3 Å². The van der Waals surface area contributed by atoms with Crippen LogP contribution >= 0.6 is 0 Å². The normalized spacial score (nSPS) is 26.5. The summed E-state index contributed by atoms with van der Waals surface area (Å²) in [7, 11) is 0. The Bertz CT molecular complexity index is 675. The van der Waals surface area contributed by atoms with Crippen LogP contribution in [0.4, 0.5) is 0 Å². The van der Waals surface area contributed by atoms with Gasteiger partial charge in [-0.2, -0.15) is 0 Å². The van der Waals surface area contributed by atoms with Crippen molar-refractivity contribution in [3.63, 3.8) is 0 Å². The zero-order chi connectivity index (χ0) is 9.99. The molecule has 1 heteroatoms. The summed E-state index contributed by atoms with van der Waals surface area (Å²) in [4.78, 5) is 0. The average Bonchev–Trinajstić information content (AvgIpc) is 2.89. The summed E-state index contributed by atoms with van der Waals surface area (Å²) in [5, 5.41) is 2.61. The third kappa shape index (κ3) is 0.930. The van der Waals surface area contributed by atoms with Crippen molar-refractivity contribution in [3.05, 3.63) is 34.4 Å². The van der Waals surface area contributed by atoms with Crippen molar-refractivity contribution in [2.75, 3.05) is 0 Å². The van der Waals surface area contributed by atoms with Crippen molar-refractivity contribution in [1.29, 1.82) is 0 Å². The summed E-state index contributed by atoms with van der Waals surface area (Å²) in [5.41, 5.74) is 3.40. The van der Waals surface area contributed by atoms with Gasteiger partial charge in [0.05, 0.1) is 0 Å². The third-order valence-corrected chi connectivity index (χ3v) is 3.62. The van der Waals surface area contributed by atoms with E-state index in [0.717, 1.165) is 22.8 Å². The van der Waals surface area contributed by atoms with Gasteiger partial charge in [0.15, 0.2) is 0 Å². The monoisotopic (exact) mass is 196 g/mol. The van der Waals surface area contributed by atoms with Gasteiger partial charge < -0.3 is 4.42 Å². The smallest absolute Gasteiger partial charge is 0.138 e. The summed E-state index contributed by atoms with van der Waals surface area (Å²) in [5.74, 6) is 1.55. The lowest BCUT2D eigenvalue weighted by molar-refractivity contribution is 0.568. The van der Waals surface area contributed by atoms with Crippen LogP contribution in [0.15, 0.2) is 22.6 Å². The number of hydrogen-bond donors (Lipinski definition) is 0. The van der Waals surface area contributed by atoms with Crippen molar-refractivity contribution < 1.29 is 4.42 Å². The fourth-order valence-electron chi connectivity index (χ4n) is 2.62. The first-order valence-corrected chi connectivity index (χ1v) is 5.55. The predicted octanol–water partition coefficient (Wildman–Crippen LogP) is 1.95. The Morgan fingerprint density at radius 1 is 1.20 bits per heavy atom. The zero-order valence-electron chi connectivity index (χ0n) is 8.66. The summed E-state index contributed by atoms with van der Waals surface area (Å²) in [6.07, 6.45) is 6.02. The van der Waals surface area contributed by atoms with E-state index in [0.29, 0.717) is 0 Å². The molecular formula is C14H12O. The minimum atomic E-state index is 0.762. The molecule has 1 fully saturated rings. The molecule has 0 saturated heterocycles. The molecule has 1 nitrogen and oxygen atoms in total. The van der Waals surface area contributed by atoms with Gasteiger partial charge in [0.2, 0.25) is 0 Å². The van der Waals surface area contributed by atoms with Crippen LogP contribution in [-0.4, -0.2) is 0 Å². The second-order valence-electron chi connectivity index (χ2n) is 4.73. The molecule has 1 saturated carbocycles. The molecule has 2 aliphatic rings. The Kier molecular flexibility index (Phi) is 1.22. The predicted molar refractivity (Wildman–Crippen MR) is 60.7 cm³/mol. The van der Waals surface area contributed by atoms with Gasteiger partial charge in [0.25, 0.3) is 0 Å². The number of aryl methyl sites for hydroxylation is 1. The van der Waals surface area contributed by atoms with Gasteiger partial charge in [-0.15, -0.1) is 0 Å². The summed E-state index contributed by atoms with van der Waals surface area (Å²) in [6.45, 7) is 2.11. The topological polar surface area (TPSA) is 13.1 Å². The van der Waals surface area contributed by atoms with Crippen LogP contribution in [0.1, 0.15) is 12.0 Å². The Hall–Kier alpha value is -1.50. The summed E-state index contributed by atoms with van der Waals surface area (Å²) >= 11 is 0. The Morgan fingerprint density at radius 3 is 3.00 bits per heavy atom. The van der Waals surface area contributed by atoms with Gasteiger partial charge >= 0.3 is 0 Å². The highest BCUT2D eigenvalue weighted by molar-refractivity contribution is 5.82. The van der Waals surface area contributed by atoms with E-state index < -0.39 is 0 Å². The summed E-state index contributed by atoms with van der Waals surface area (Å²) in [6, 6.07) is 6.38. The number of hydrogen-bond acceptors (Lipinski definition) is 1. The highest BCUT2D eigenvalue weighted by atomic mass is 16.3. The van der Waals surface area contributed by atoms with E-state index in [9.17, 15) is 0 Å². The fraction of sp³-hybridized carbons (Fsp3) is 0.286. The van der Waals surface area contributed by atoms with Crippen LogP contribution in [0.5, 0.6) is 0 Å². The van der Waals surface area contributed by atoms with E-state index in [1.54, 1.807) is 0 Å². The van der Waals surface area contributed by atoms with Crippen LogP contribution in [0.3, 0.4) is 0 Å². The van der Waals surface area contributed by atoms with Gasteiger partial charge in [0, 0.05) is 10.6 Å². The number of furan rings is 1. The maximum absolute atomic E-state index is 5.93. The molecule has 2 unspecified atom stereocenters. The fourth-order valence-corrected chi connectivity index (χ4v) is 2.62. The van der Waals surface area contributed by atoms with Crippen molar-refractivity contribution in [2.24, 2.45) is 11.8 Å². The molecule has 74 valence electrons.